The molecule has 3 aromatic carbocycles. The number of hydrogen-bond donors (Lipinski definition) is 1. The van der Waals surface area contributed by atoms with Crippen LogP contribution in [0.1, 0.15) is 27.7 Å². The average Bonchev–Trinajstić information content (AvgIpc) is 3.23. The second kappa shape index (κ2) is 11.7. The summed E-state index contributed by atoms with van der Waals surface area (Å²) in [6.45, 7) is 7.32. The van der Waals surface area contributed by atoms with Gasteiger partial charge in [0.1, 0.15) is 0 Å². The van der Waals surface area contributed by atoms with E-state index in [0.29, 0.717) is 0 Å². The molecule has 0 aliphatic heterocycles. The summed E-state index contributed by atoms with van der Waals surface area (Å²) in [7, 11) is 0. The Balaban J connectivity index is 0.000000247. The number of benzene rings is 3. The Morgan fingerprint density at radius 2 is 1.60 bits per heavy atom. The summed E-state index contributed by atoms with van der Waals surface area (Å²) in [5, 5.41) is 14.2. The van der Waals surface area contributed by atoms with Crippen LogP contribution in [0, 0.1) is 17.9 Å². The third-order valence-electron chi connectivity index (χ3n) is 5.70. The molecule has 0 aliphatic carbocycles. The van der Waals surface area contributed by atoms with Gasteiger partial charge in [-0.3, -0.25) is 4.79 Å². The van der Waals surface area contributed by atoms with Gasteiger partial charge in [0.25, 0.3) is 0 Å². The molecule has 35 heavy (non-hydrogen) atoms. The van der Waals surface area contributed by atoms with E-state index >= 15 is 0 Å². The third-order valence-corrected chi connectivity index (χ3v) is 6.90. The molecule has 0 spiro atoms. The van der Waals surface area contributed by atoms with Crippen molar-refractivity contribution in [3.05, 3.63) is 90.8 Å². The van der Waals surface area contributed by atoms with Gasteiger partial charge in [0.05, 0.1) is 5.76 Å². The molecule has 0 saturated heterocycles. The number of ketones is 1. The number of aliphatic hydroxyl groups excluding tert-OH is 1. The van der Waals surface area contributed by atoms with E-state index in [1.165, 1.54) is 37.0 Å². The summed E-state index contributed by atoms with van der Waals surface area (Å²) in [5.41, 5.74) is 2.11. The number of aliphatic hydroxyl groups is 1. The van der Waals surface area contributed by atoms with Gasteiger partial charge in [0.15, 0.2) is 5.78 Å². The Bertz CT molecular complexity index is 1500. The number of carbonyl (C=O) groups excluding carboxylic acids is 1. The topological polar surface area (TPSA) is 50.2 Å². The van der Waals surface area contributed by atoms with Crippen molar-refractivity contribution in [2.75, 3.05) is 0 Å². The minimum Gasteiger partial charge on any atom is -0.512 e. The van der Waals surface area contributed by atoms with E-state index in [1.54, 1.807) is 0 Å². The van der Waals surface area contributed by atoms with Crippen LogP contribution in [0.3, 0.4) is 0 Å². The molecule has 0 bridgehead atoms. The maximum absolute atomic E-state index is 11.0. The zero-order valence-corrected chi connectivity index (χ0v) is 23.4. The number of pyridine rings is 1. The van der Waals surface area contributed by atoms with Gasteiger partial charge < -0.3 is 10.1 Å². The van der Waals surface area contributed by atoms with Gasteiger partial charge in [-0.2, -0.15) is 11.3 Å². The van der Waals surface area contributed by atoms with Crippen LogP contribution in [0.5, 0.6) is 0 Å². The van der Waals surface area contributed by atoms with Crippen molar-refractivity contribution in [2.45, 2.75) is 27.7 Å². The first-order chi connectivity index (χ1) is 16.4. The molecule has 5 heteroatoms. The van der Waals surface area contributed by atoms with Gasteiger partial charge in [-0.25, -0.2) is 0 Å². The number of hydrogen-bond acceptors (Lipinski definition) is 4. The molecule has 3 nitrogen and oxygen atoms in total. The fraction of sp³-hybridized carbons (Fsp3) is 0.200. The van der Waals surface area contributed by atoms with E-state index in [0.717, 1.165) is 11.3 Å². The SMILES string of the molecule is CC(C)C(=O)/C=C(\O)C(C)C.[Ir].[c-]1ccc2c(sc3ccccc32)c1-c1nccc2ccccc12. The van der Waals surface area contributed by atoms with Crippen molar-refractivity contribution in [3.8, 4) is 11.3 Å². The Hall–Kier alpha value is -2.85. The molecule has 0 atom stereocenters. The molecule has 5 rings (SSSR count). The number of carbonyl (C=O) groups is 1. The van der Waals surface area contributed by atoms with E-state index in [-0.39, 0.29) is 43.5 Å². The van der Waals surface area contributed by atoms with Gasteiger partial charge in [0, 0.05) is 48.9 Å². The third kappa shape index (κ3) is 5.87. The Labute approximate surface area is 223 Å². The standard InChI is InChI=1S/C21H12NS.C9H16O2.Ir/c1-2-7-15-14(6-1)12-13-22-20(15)18-10-5-9-17-16-8-3-4-11-19(16)23-21(17)18;1-6(2)8(10)5-9(11)7(3)4;/h1-9,11-13H;5-7,10H,1-4H3;/q-1;;/b;8-5-;. The van der Waals surface area contributed by atoms with Crippen LogP contribution in [-0.2, 0) is 24.9 Å². The first-order valence-corrected chi connectivity index (χ1v) is 12.3. The second-order valence-electron chi connectivity index (χ2n) is 8.86. The molecule has 0 fully saturated rings. The summed E-state index contributed by atoms with van der Waals surface area (Å²) >= 11 is 1.82. The number of aromatic nitrogens is 1. The number of thiophene rings is 1. The first-order valence-electron chi connectivity index (χ1n) is 11.5. The van der Waals surface area contributed by atoms with Crippen molar-refractivity contribution in [1.82, 2.24) is 4.98 Å². The molecule has 0 amide bonds. The van der Waals surface area contributed by atoms with Gasteiger partial charge in [0.2, 0.25) is 0 Å². The molecule has 1 radical (unpaired) electrons. The van der Waals surface area contributed by atoms with E-state index in [1.807, 2.05) is 51.3 Å². The molecule has 0 unspecified atom stereocenters. The molecule has 0 saturated carbocycles. The maximum Gasteiger partial charge on any atom is 0.161 e. The molecular weight excluding hydrogens is 631 g/mol. The summed E-state index contributed by atoms with van der Waals surface area (Å²) in [6, 6.07) is 26.6. The number of rotatable bonds is 4. The Morgan fingerprint density at radius 3 is 2.31 bits per heavy atom. The van der Waals surface area contributed by atoms with Gasteiger partial charge in [-0.1, -0.05) is 75.5 Å². The predicted octanol–water partition coefficient (Wildman–Crippen LogP) is 8.38. The minimum absolute atomic E-state index is 0. The van der Waals surface area contributed by atoms with Crippen LogP contribution in [0.25, 0.3) is 42.2 Å². The first kappa shape index (κ1) is 26.7. The van der Waals surface area contributed by atoms with Crippen molar-refractivity contribution < 1.29 is 30.0 Å². The molecule has 2 heterocycles. The largest absolute Gasteiger partial charge is 0.512 e. The average molecular weight is 659 g/mol. The van der Waals surface area contributed by atoms with Crippen LogP contribution in [-0.4, -0.2) is 15.9 Å². The smallest absolute Gasteiger partial charge is 0.161 e. The zero-order chi connectivity index (χ0) is 24.2. The summed E-state index contributed by atoms with van der Waals surface area (Å²) in [5.74, 6) is 0.161. The van der Waals surface area contributed by atoms with Crippen LogP contribution < -0.4 is 0 Å². The molecular formula is C30H28IrNO2S-. The molecule has 5 aromatic rings. The normalized spacial score (nSPS) is 11.5. The zero-order valence-electron chi connectivity index (χ0n) is 20.2. The van der Waals surface area contributed by atoms with Gasteiger partial charge in [-0.15, -0.1) is 23.8 Å². The maximum atomic E-state index is 11.0. The van der Waals surface area contributed by atoms with E-state index < -0.39 is 0 Å². The molecule has 0 aliphatic rings. The van der Waals surface area contributed by atoms with Crippen LogP contribution >= 0.6 is 11.3 Å². The summed E-state index contributed by atoms with van der Waals surface area (Å²) in [6.07, 6.45) is 3.20. The molecule has 2 aromatic heterocycles. The number of allylic oxidation sites excluding steroid dienone is 2. The van der Waals surface area contributed by atoms with E-state index in [9.17, 15) is 9.90 Å². The van der Waals surface area contributed by atoms with Crippen molar-refractivity contribution in [3.63, 3.8) is 0 Å². The number of fused-ring (bicyclic) bond motifs is 4. The van der Waals surface area contributed by atoms with Gasteiger partial charge >= 0.3 is 0 Å². The Morgan fingerprint density at radius 1 is 0.914 bits per heavy atom. The van der Waals surface area contributed by atoms with Crippen LogP contribution in [0.15, 0.2) is 84.8 Å². The van der Waals surface area contributed by atoms with Crippen LogP contribution in [0.4, 0.5) is 0 Å². The summed E-state index contributed by atoms with van der Waals surface area (Å²) < 4.78 is 2.57. The number of nitrogens with zero attached hydrogens (tertiary/aromatic N) is 1. The van der Waals surface area contributed by atoms with Gasteiger partial charge in [-0.05, 0) is 38.7 Å². The Kier molecular flexibility index (Phi) is 8.96. The monoisotopic (exact) mass is 659 g/mol. The fourth-order valence-electron chi connectivity index (χ4n) is 3.66. The minimum atomic E-state index is -0.0316. The van der Waals surface area contributed by atoms with E-state index in [4.69, 9.17) is 0 Å². The van der Waals surface area contributed by atoms with Crippen molar-refractivity contribution in [2.24, 2.45) is 11.8 Å². The summed E-state index contributed by atoms with van der Waals surface area (Å²) in [4.78, 5) is 15.7. The molecule has 1 N–H and O–H groups in total. The van der Waals surface area contributed by atoms with Crippen molar-refractivity contribution in [1.29, 1.82) is 0 Å². The fourth-order valence-corrected chi connectivity index (χ4v) is 4.86. The second-order valence-corrected chi connectivity index (χ2v) is 9.91. The molecule has 181 valence electrons. The van der Waals surface area contributed by atoms with E-state index in [2.05, 4.69) is 71.7 Å². The quantitative estimate of drug-likeness (QED) is 0.120. The van der Waals surface area contributed by atoms with Crippen molar-refractivity contribution >= 4 is 48.1 Å². The van der Waals surface area contributed by atoms with Crippen LogP contribution in [0.2, 0.25) is 0 Å². The predicted molar refractivity (Wildman–Crippen MR) is 144 cm³/mol.